The largest absolute Gasteiger partial charge is 0.336 e. The van der Waals surface area contributed by atoms with Gasteiger partial charge in [0.1, 0.15) is 11.6 Å². The average Bonchev–Trinajstić information content (AvgIpc) is 3.48. The number of pyridine rings is 2. The van der Waals surface area contributed by atoms with E-state index in [1.807, 2.05) is 66.6 Å². The van der Waals surface area contributed by atoms with Gasteiger partial charge in [-0.3, -0.25) is 4.79 Å². The fourth-order valence-electron chi connectivity index (χ4n) is 4.70. The normalized spacial score (nSPS) is 12.4. The third-order valence-corrected chi connectivity index (χ3v) is 6.70. The Morgan fingerprint density at radius 1 is 0.943 bits per heavy atom. The van der Waals surface area contributed by atoms with Crippen molar-refractivity contribution in [3.63, 3.8) is 0 Å². The van der Waals surface area contributed by atoms with Crippen molar-refractivity contribution in [2.45, 2.75) is 6.04 Å². The molecule has 35 heavy (non-hydrogen) atoms. The molecule has 0 saturated heterocycles. The maximum Gasteiger partial charge on any atom is 0.251 e. The summed E-state index contributed by atoms with van der Waals surface area (Å²) in [5, 5.41) is 1.58. The van der Waals surface area contributed by atoms with E-state index >= 15 is 0 Å². The van der Waals surface area contributed by atoms with Crippen LogP contribution in [0.4, 0.5) is 0 Å². The lowest BCUT2D eigenvalue weighted by Gasteiger charge is -2.21. The first-order valence-corrected chi connectivity index (χ1v) is 11.5. The van der Waals surface area contributed by atoms with Gasteiger partial charge in [0.15, 0.2) is 5.65 Å². The molecule has 2 aromatic carbocycles. The number of aryl methyl sites for hydroxylation is 2. The average molecular weight is 481 g/mol. The number of fused-ring (bicyclic) bond motifs is 2. The molecule has 0 aliphatic heterocycles. The van der Waals surface area contributed by atoms with E-state index in [-0.39, 0.29) is 11.6 Å². The number of imidazole rings is 2. The van der Waals surface area contributed by atoms with Crippen LogP contribution >= 0.6 is 11.6 Å². The van der Waals surface area contributed by atoms with Crippen LogP contribution in [0.5, 0.6) is 0 Å². The molecule has 0 radical (unpaired) electrons. The number of nitrogens with zero attached hydrogens (tertiary/aromatic N) is 6. The second-order valence-electron chi connectivity index (χ2n) is 8.57. The number of aromatic nitrogens is 6. The fraction of sp³-hybridized carbons (Fsp3) is 0.111. The minimum atomic E-state index is -0.226. The van der Waals surface area contributed by atoms with Crippen molar-refractivity contribution >= 4 is 33.7 Å². The molecule has 172 valence electrons. The Morgan fingerprint density at radius 3 is 2.63 bits per heavy atom. The second-order valence-corrected chi connectivity index (χ2v) is 9.01. The van der Waals surface area contributed by atoms with Gasteiger partial charge in [0, 0.05) is 36.8 Å². The van der Waals surface area contributed by atoms with Crippen LogP contribution in [0.25, 0.3) is 33.2 Å². The smallest absolute Gasteiger partial charge is 0.251 e. The van der Waals surface area contributed by atoms with Crippen molar-refractivity contribution in [2.24, 2.45) is 14.1 Å². The summed E-state index contributed by atoms with van der Waals surface area (Å²) in [5.41, 5.74) is 6.11. The standard InChI is InChI=1S/C27H21ClN6O/c1-32-15-29-14-24(32)26(34-16-31-22-7-4-10-30-27(22)34)18-8-9-23-21(12-18)20(13-25(35)33(23)2)17-5-3-6-19(28)11-17/h3-16,26H,1-2H3. The lowest BCUT2D eigenvalue weighted by atomic mass is 9.96. The van der Waals surface area contributed by atoms with Crippen LogP contribution < -0.4 is 5.56 Å². The van der Waals surface area contributed by atoms with Gasteiger partial charge in [0.05, 0.1) is 30.1 Å². The molecule has 1 atom stereocenters. The number of benzene rings is 2. The molecule has 6 rings (SSSR count). The summed E-state index contributed by atoms with van der Waals surface area (Å²) in [5.74, 6) is 0. The van der Waals surface area contributed by atoms with E-state index in [4.69, 9.17) is 11.6 Å². The van der Waals surface area contributed by atoms with Gasteiger partial charge in [-0.1, -0.05) is 29.8 Å². The van der Waals surface area contributed by atoms with Gasteiger partial charge in [-0.05, 0) is 53.1 Å². The molecule has 4 aromatic heterocycles. The van der Waals surface area contributed by atoms with Crippen LogP contribution in [-0.4, -0.2) is 28.7 Å². The van der Waals surface area contributed by atoms with Crippen LogP contribution in [0.2, 0.25) is 5.02 Å². The monoisotopic (exact) mass is 480 g/mol. The van der Waals surface area contributed by atoms with Crippen LogP contribution in [0.3, 0.4) is 0 Å². The molecule has 8 heteroatoms. The van der Waals surface area contributed by atoms with E-state index < -0.39 is 0 Å². The molecule has 0 aliphatic carbocycles. The van der Waals surface area contributed by atoms with Crippen molar-refractivity contribution in [3.8, 4) is 11.1 Å². The highest BCUT2D eigenvalue weighted by Gasteiger charge is 2.23. The molecular weight excluding hydrogens is 460 g/mol. The second kappa shape index (κ2) is 8.21. The number of hydrogen-bond donors (Lipinski definition) is 0. The first-order chi connectivity index (χ1) is 17.0. The van der Waals surface area contributed by atoms with Gasteiger partial charge in [-0.2, -0.15) is 0 Å². The highest BCUT2D eigenvalue weighted by atomic mass is 35.5. The Bertz CT molecular complexity index is 1780. The molecule has 1 unspecified atom stereocenters. The maximum atomic E-state index is 12.8. The van der Waals surface area contributed by atoms with E-state index in [2.05, 4.69) is 31.7 Å². The topological polar surface area (TPSA) is 70.5 Å². The summed E-state index contributed by atoms with van der Waals surface area (Å²) < 4.78 is 5.73. The zero-order valence-electron chi connectivity index (χ0n) is 19.1. The van der Waals surface area contributed by atoms with Crippen LogP contribution in [0, 0.1) is 0 Å². The van der Waals surface area contributed by atoms with Gasteiger partial charge >= 0.3 is 0 Å². The van der Waals surface area contributed by atoms with E-state index in [1.54, 1.807) is 30.2 Å². The maximum absolute atomic E-state index is 12.8. The predicted molar refractivity (Wildman–Crippen MR) is 138 cm³/mol. The van der Waals surface area contributed by atoms with Crippen molar-refractivity contribution in [3.05, 3.63) is 112 Å². The molecule has 0 bridgehead atoms. The molecule has 0 amide bonds. The van der Waals surface area contributed by atoms with E-state index in [0.29, 0.717) is 5.02 Å². The molecule has 0 spiro atoms. The van der Waals surface area contributed by atoms with Crippen LogP contribution in [0.1, 0.15) is 17.3 Å². The minimum Gasteiger partial charge on any atom is -0.336 e. The SMILES string of the molecule is Cn1cncc1C(c1ccc2c(c1)c(-c1cccc(Cl)c1)cc(=O)n2C)n1cnc2cccnc21. The molecule has 0 saturated carbocycles. The zero-order chi connectivity index (χ0) is 24.1. The summed E-state index contributed by atoms with van der Waals surface area (Å²) in [6, 6.07) is 19.0. The molecule has 0 fully saturated rings. The lowest BCUT2D eigenvalue weighted by Crippen LogP contribution is -2.18. The van der Waals surface area contributed by atoms with Gasteiger partial charge in [-0.25, -0.2) is 15.0 Å². The van der Waals surface area contributed by atoms with E-state index in [0.717, 1.165) is 44.5 Å². The molecule has 0 N–H and O–H groups in total. The highest BCUT2D eigenvalue weighted by Crippen LogP contribution is 2.34. The Balaban J connectivity index is 1.65. The Hall–Kier alpha value is -4.23. The molecule has 4 heterocycles. The molecule has 0 aliphatic rings. The zero-order valence-corrected chi connectivity index (χ0v) is 19.9. The Labute approximate surface area is 205 Å². The summed E-state index contributed by atoms with van der Waals surface area (Å²) in [7, 11) is 3.77. The van der Waals surface area contributed by atoms with Gasteiger partial charge in [0.2, 0.25) is 0 Å². The minimum absolute atomic E-state index is 0.0757. The number of halogens is 1. The summed E-state index contributed by atoms with van der Waals surface area (Å²) in [6.07, 6.45) is 7.24. The lowest BCUT2D eigenvalue weighted by molar-refractivity contribution is 0.639. The van der Waals surface area contributed by atoms with Gasteiger partial charge < -0.3 is 13.7 Å². The number of hydrogen-bond acceptors (Lipinski definition) is 4. The summed E-state index contributed by atoms with van der Waals surface area (Å²) in [4.78, 5) is 26.3. The number of rotatable bonds is 4. The molecular formula is C27H21ClN6O. The van der Waals surface area contributed by atoms with Crippen LogP contribution in [-0.2, 0) is 14.1 Å². The predicted octanol–water partition coefficient (Wildman–Crippen LogP) is 4.97. The summed E-state index contributed by atoms with van der Waals surface area (Å²) in [6.45, 7) is 0. The molecule has 7 nitrogen and oxygen atoms in total. The Kier molecular flexibility index (Phi) is 5.00. The highest BCUT2D eigenvalue weighted by molar-refractivity contribution is 6.30. The fourth-order valence-corrected chi connectivity index (χ4v) is 4.89. The third-order valence-electron chi connectivity index (χ3n) is 6.47. The first-order valence-electron chi connectivity index (χ1n) is 11.1. The van der Waals surface area contributed by atoms with Crippen molar-refractivity contribution < 1.29 is 0 Å². The van der Waals surface area contributed by atoms with Crippen molar-refractivity contribution in [1.82, 2.24) is 28.7 Å². The summed E-state index contributed by atoms with van der Waals surface area (Å²) >= 11 is 6.30. The Morgan fingerprint density at radius 2 is 1.83 bits per heavy atom. The van der Waals surface area contributed by atoms with Crippen molar-refractivity contribution in [2.75, 3.05) is 0 Å². The molecule has 6 aromatic rings. The van der Waals surface area contributed by atoms with Crippen LogP contribution in [0.15, 0.2) is 90.5 Å². The van der Waals surface area contributed by atoms with Crippen molar-refractivity contribution in [1.29, 1.82) is 0 Å². The van der Waals surface area contributed by atoms with Gasteiger partial charge in [0.25, 0.3) is 5.56 Å². The van der Waals surface area contributed by atoms with E-state index in [1.165, 1.54) is 0 Å². The van der Waals surface area contributed by atoms with Gasteiger partial charge in [-0.15, -0.1) is 0 Å². The first kappa shape index (κ1) is 21.3. The van der Waals surface area contributed by atoms with E-state index in [9.17, 15) is 4.79 Å². The quantitative estimate of drug-likeness (QED) is 0.357. The third kappa shape index (κ3) is 3.52.